The molecule has 0 fully saturated rings. The first kappa shape index (κ1) is 14.2. The van der Waals surface area contributed by atoms with Crippen molar-refractivity contribution in [3.05, 3.63) is 45.3 Å². The lowest BCUT2D eigenvalue weighted by Gasteiger charge is -2.30. The van der Waals surface area contributed by atoms with Crippen LogP contribution in [0.4, 0.5) is 14.5 Å². The number of anilines is 1. The smallest absolute Gasteiger partial charge is 0.280 e. The van der Waals surface area contributed by atoms with Gasteiger partial charge in [-0.1, -0.05) is 5.16 Å². The number of aryl methyl sites for hydroxylation is 1. The van der Waals surface area contributed by atoms with E-state index in [1.54, 1.807) is 6.92 Å². The summed E-state index contributed by atoms with van der Waals surface area (Å²) in [6.07, 6.45) is 1.13. The normalized spacial score (nSPS) is 14.2. The van der Waals surface area contributed by atoms with Gasteiger partial charge >= 0.3 is 0 Å². The number of nitrogens with zero attached hydrogens (tertiary/aromatic N) is 2. The van der Waals surface area contributed by atoms with E-state index in [0.29, 0.717) is 30.7 Å². The average molecular weight is 357 g/mol. The van der Waals surface area contributed by atoms with Gasteiger partial charge in [-0.3, -0.25) is 4.79 Å². The second kappa shape index (κ2) is 5.22. The number of carbonyl (C=O) groups is 1. The third-order valence-corrected chi connectivity index (χ3v) is 4.27. The summed E-state index contributed by atoms with van der Waals surface area (Å²) in [5.41, 5.74) is 0.688. The molecule has 1 aliphatic rings. The Kier molecular flexibility index (Phi) is 3.52. The highest BCUT2D eigenvalue weighted by molar-refractivity contribution is 9.10. The van der Waals surface area contributed by atoms with E-state index in [2.05, 4.69) is 21.1 Å². The summed E-state index contributed by atoms with van der Waals surface area (Å²) in [6, 6.07) is 2.27. The number of amides is 1. The molecule has 0 saturated carbocycles. The van der Waals surface area contributed by atoms with E-state index in [1.807, 2.05) is 0 Å². The van der Waals surface area contributed by atoms with Crippen LogP contribution >= 0.6 is 15.9 Å². The largest absolute Gasteiger partial charge is 0.361 e. The third kappa shape index (κ3) is 2.35. The van der Waals surface area contributed by atoms with Gasteiger partial charge in [0.25, 0.3) is 5.91 Å². The lowest BCUT2D eigenvalue weighted by molar-refractivity contribution is 0.0975. The van der Waals surface area contributed by atoms with E-state index in [4.69, 9.17) is 4.52 Å². The van der Waals surface area contributed by atoms with Gasteiger partial charge in [-0.15, -0.1) is 0 Å². The number of rotatable bonds is 1. The maximum atomic E-state index is 14.1. The van der Waals surface area contributed by atoms with E-state index >= 15 is 0 Å². The van der Waals surface area contributed by atoms with Crippen LogP contribution in [0.2, 0.25) is 0 Å². The van der Waals surface area contributed by atoms with Crippen molar-refractivity contribution >= 4 is 27.5 Å². The maximum absolute atomic E-state index is 14.1. The van der Waals surface area contributed by atoms with Crippen molar-refractivity contribution in [2.75, 3.05) is 11.4 Å². The summed E-state index contributed by atoms with van der Waals surface area (Å²) in [5.74, 6) is -1.38. The van der Waals surface area contributed by atoms with Gasteiger partial charge in [-0.05, 0) is 41.3 Å². The molecule has 0 spiro atoms. The molecule has 3 rings (SSSR count). The number of aromatic nitrogens is 1. The predicted octanol–water partition coefficient (Wildman–Crippen LogP) is 3.62. The van der Waals surface area contributed by atoms with Crippen molar-refractivity contribution in [2.45, 2.75) is 19.8 Å². The van der Waals surface area contributed by atoms with Gasteiger partial charge in [0.15, 0.2) is 5.69 Å². The first-order valence-electron chi connectivity index (χ1n) is 6.40. The molecule has 4 nitrogen and oxygen atoms in total. The Morgan fingerprint density at radius 2 is 2.14 bits per heavy atom. The monoisotopic (exact) mass is 356 g/mol. The minimum atomic E-state index is -0.751. The van der Waals surface area contributed by atoms with E-state index in [9.17, 15) is 13.6 Å². The average Bonchev–Trinajstić information content (AvgIpc) is 2.90. The maximum Gasteiger partial charge on any atom is 0.280 e. The molecule has 0 atom stereocenters. The highest BCUT2D eigenvalue weighted by Crippen LogP contribution is 2.37. The first-order chi connectivity index (χ1) is 9.99. The van der Waals surface area contributed by atoms with E-state index in [1.165, 1.54) is 11.0 Å². The van der Waals surface area contributed by atoms with Crippen molar-refractivity contribution in [2.24, 2.45) is 0 Å². The van der Waals surface area contributed by atoms with Crippen molar-refractivity contribution in [3.8, 4) is 0 Å². The van der Waals surface area contributed by atoms with Crippen molar-refractivity contribution in [1.82, 2.24) is 5.16 Å². The highest BCUT2D eigenvalue weighted by atomic mass is 79.9. The topological polar surface area (TPSA) is 46.3 Å². The standard InChI is InChI=1S/C14H11BrF2N2O2/c1-7-5-11(18-21-7)14(20)19-4-2-3-8-12(15)9(16)6-10(17)13(8)19/h5-6H,2-4H2,1H3. The molecular weight excluding hydrogens is 346 g/mol. The van der Waals surface area contributed by atoms with Crippen LogP contribution in [0.25, 0.3) is 0 Å². The zero-order valence-electron chi connectivity index (χ0n) is 11.1. The minimum Gasteiger partial charge on any atom is -0.361 e. The lowest BCUT2D eigenvalue weighted by Crippen LogP contribution is -2.36. The van der Waals surface area contributed by atoms with Gasteiger partial charge in [-0.25, -0.2) is 8.78 Å². The molecule has 0 unspecified atom stereocenters. The molecule has 1 aromatic carbocycles. The van der Waals surface area contributed by atoms with Gasteiger partial charge in [0.1, 0.15) is 17.4 Å². The summed E-state index contributed by atoms with van der Waals surface area (Å²) in [5, 5.41) is 3.66. The highest BCUT2D eigenvalue weighted by Gasteiger charge is 2.30. The lowest BCUT2D eigenvalue weighted by atomic mass is 10.0. The minimum absolute atomic E-state index is 0.111. The molecule has 0 bridgehead atoms. The second-order valence-electron chi connectivity index (χ2n) is 4.86. The van der Waals surface area contributed by atoms with Crippen LogP contribution < -0.4 is 4.90 Å². The van der Waals surface area contributed by atoms with Crippen LogP contribution in [0.1, 0.15) is 28.2 Å². The van der Waals surface area contributed by atoms with Crippen LogP contribution in [-0.2, 0) is 6.42 Å². The molecule has 0 N–H and O–H groups in total. The van der Waals surface area contributed by atoms with E-state index in [-0.39, 0.29) is 15.9 Å². The molecule has 2 heterocycles. The quantitative estimate of drug-likeness (QED) is 0.733. The van der Waals surface area contributed by atoms with Crippen LogP contribution in [0.5, 0.6) is 0 Å². The predicted molar refractivity (Wildman–Crippen MR) is 75.3 cm³/mol. The zero-order valence-corrected chi connectivity index (χ0v) is 12.7. The molecule has 2 aromatic rings. The molecule has 1 aliphatic heterocycles. The summed E-state index contributed by atoms with van der Waals surface area (Å²) < 4.78 is 32.8. The Hall–Kier alpha value is -1.76. The van der Waals surface area contributed by atoms with Gasteiger partial charge in [0.2, 0.25) is 0 Å². The first-order valence-corrected chi connectivity index (χ1v) is 7.20. The van der Waals surface area contributed by atoms with Gasteiger partial charge in [-0.2, -0.15) is 0 Å². The summed E-state index contributed by atoms with van der Waals surface area (Å²) >= 11 is 3.12. The Labute approximate surface area is 127 Å². The molecule has 7 heteroatoms. The molecule has 110 valence electrons. The third-order valence-electron chi connectivity index (χ3n) is 3.41. The van der Waals surface area contributed by atoms with Crippen LogP contribution in [0, 0.1) is 18.6 Å². The Morgan fingerprint density at radius 3 is 2.81 bits per heavy atom. The second-order valence-corrected chi connectivity index (χ2v) is 5.66. The Balaban J connectivity index is 2.09. The molecule has 1 amide bonds. The Bertz CT molecular complexity index is 730. The number of benzene rings is 1. The number of fused-ring (bicyclic) bond motifs is 1. The number of hydrogen-bond donors (Lipinski definition) is 0. The molecule has 21 heavy (non-hydrogen) atoms. The van der Waals surface area contributed by atoms with Crippen molar-refractivity contribution in [3.63, 3.8) is 0 Å². The SMILES string of the molecule is Cc1cc(C(=O)N2CCCc3c(Br)c(F)cc(F)c32)no1. The molecule has 0 saturated heterocycles. The van der Waals surface area contributed by atoms with Crippen molar-refractivity contribution in [1.29, 1.82) is 0 Å². The van der Waals surface area contributed by atoms with E-state index < -0.39 is 17.5 Å². The summed E-state index contributed by atoms with van der Waals surface area (Å²) in [4.78, 5) is 13.7. The van der Waals surface area contributed by atoms with Crippen LogP contribution in [0.3, 0.4) is 0 Å². The van der Waals surface area contributed by atoms with Crippen LogP contribution in [-0.4, -0.2) is 17.6 Å². The fourth-order valence-corrected chi connectivity index (χ4v) is 2.99. The molecule has 0 radical (unpaired) electrons. The zero-order chi connectivity index (χ0) is 15.1. The summed E-state index contributed by atoms with van der Waals surface area (Å²) in [6.45, 7) is 2.02. The van der Waals surface area contributed by atoms with Gasteiger partial charge in [0, 0.05) is 18.7 Å². The summed E-state index contributed by atoms with van der Waals surface area (Å²) in [7, 11) is 0. The van der Waals surface area contributed by atoms with Crippen molar-refractivity contribution < 1.29 is 18.1 Å². The molecule has 1 aromatic heterocycles. The molecule has 0 aliphatic carbocycles. The van der Waals surface area contributed by atoms with Crippen LogP contribution in [0.15, 0.2) is 21.1 Å². The number of carbonyl (C=O) groups excluding carboxylic acids is 1. The molecular formula is C14H11BrF2N2O2. The van der Waals surface area contributed by atoms with Gasteiger partial charge in [0.05, 0.1) is 10.2 Å². The van der Waals surface area contributed by atoms with E-state index in [0.717, 1.165) is 6.07 Å². The van der Waals surface area contributed by atoms with Gasteiger partial charge < -0.3 is 9.42 Å². The Morgan fingerprint density at radius 1 is 1.38 bits per heavy atom. The fourth-order valence-electron chi connectivity index (χ4n) is 2.49. The number of hydrogen-bond acceptors (Lipinski definition) is 3. The number of halogens is 3. The fraction of sp³-hybridized carbons (Fsp3) is 0.286.